The number of likely N-dealkylation sites (tertiary alicyclic amines) is 1. The molecule has 0 radical (unpaired) electrons. The molecule has 1 atom stereocenters. The quantitative estimate of drug-likeness (QED) is 0.865. The van der Waals surface area contributed by atoms with Crippen LogP contribution in [0.25, 0.3) is 17.0 Å². The number of hydrogen-bond acceptors (Lipinski definition) is 3. The van der Waals surface area contributed by atoms with Gasteiger partial charge in [-0.25, -0.2) is 0 Å². The van der Waals surface area contributed by atoms with Gasteiger partial charge in [-0.15, -0.1) is 12.4 Å². The highest BCUT2D eigenvalue weighted by Gasteiger charge is 2.21. The van der Waals surface area contributed by atoms with E-state index in [1.54, 1.807) is 17.1 Å². The van der Waals surface area contributed by atoms with Crippen LogP contribution in [0.3, 0.4) is 0 Å². The number of amides is 1. The molecule has 106 valence electrons. The molecule has 2 N–H and O–H groups in total. The largest absolute Gasteiger partial charge is 0.457 e. The van der Waals surface area contributed by atoms with Gasteiger partial charge in [0.25, 0.3) is 0 Å². The Bertz CT molecular complexity index is 603. The SMILES string of the molecule is Cl.N[C@H]1CCN(C(=O)/C=C/c2cc3ccccc3o2)C1. The standard InChI is InChI=1S/C15H16N2O2.ClH/c16-12-7-8-17(10-12)15(18)6-5-13-9-11-3-1-2-4-14(11)19-13;/h1-6,9,12H,7-8,10,16H2;1H/b6-5+;/t12-;/m0./s1. The van der Waals surface area contributed by atoms with Crippen LogP contribution in [0.2, 0.25) is 0 Å². The monoisotopic (exact) mass is 292 g/mol. The van der Waals surface area contributed by atoms with Crippen molar-refractivity contribution in [1.82, 2.24) is 4.90 Å². The molecule has 3 rings (SSSR count). The molecule has 1 aliphatic heterocycles. The molecule has 20 heavy (non-hydrogen) atoms. The molecule has 1 fully saturated rings. The Labute approximate surface area is 123 Å². The smallest absolute Gasteiger partial charge is 0.246 e. The Morgan fingerprint density at radius 3 is 2.90 bits per heavy atom. The van der Waals surface area contributed by atoms with Crippen LogP contribution >= 0.6 is 12.4 Å². The third-order valence-corrected chi connectivity index (χ3v) is 3.37. The maximum atomic E-state index is 11.9. The summed E-state index contributed by atoms with van der Waals surface area (Å²) in [6.07, 6.45) is 4.14. The van der Waals surface area contributed by atoms with Gasteiger partial charge in [0, 0.05) is 30.6 Å². The fourth-order valence-corrected chi connectivity index (χ4v) is 2.33. The highest BCUT2D eigenvalue weighted by molar-refractivity contribution is 5.92. The maximum Gasteiger partial charge on any atom is 0.246 e. The normalized spacial score (nSPS) is 18.6. The Morgan fingerprint density at radius 2 is 2.20 bits per heavy atom. The van der Waals surface area contributed by atoms with Crippen molar-refractivity contribution in [3.63, 3.8) is 0 Å². The zero-order valence-electron chi connectivity index (χ0n) is 11.0. The van der Waals surface area contributed by atoms with Crippen LogP contribution in [-0.4, -0.2) is 29.9 Å². The van der Waals surface area contributed by atoms with E-state index in [0.29, 0.717) is 12.3 Å². The third-order valence-electron chi connectivity index (χ3n) is 3.37. The molecule has 1 amide bonds. The van der Waals surface area contributed by atoms with Gasteiger partial charge in [0.2, 0.25) is 5.91 Å². The molecule has 2 aromatic rings. The second-order valence-electron chi connectivity index (χ2n) is 4.85. The summed E-state index contributed by atoms with van der Waals surface area (Å²) in [5.74, 6) is 0.687. The average Bonchev–Trinajstić information content (AvgIpc) is 3.01. The minimum absolute atomic E-state index is 0. The van der Waals surface area contributed by atoms with E-state index >= 15 is 0 Å². The average molecular weight is 293 g/mol. The zero-order chi connectivity index (χ0) is 13.2. The molecular weight excluding hydrogens is 276 g/mol. The lowest BCUT2D eigenvalue weighted by Gasteiger charge is -2.12. The van der Waals surface area contributed by atoms with E-state index in [0.717, 1.165) is 23.9 Å². The second kappa shape index (κ2) is 6.11. The Balaban J connectivity index is 0.00000147. The summed E-state index contributed by atoms with van der Waals surface area (Å²) < 4.78 is 5.62. The first-order valence-electron chi connectivity index (χ1n) is 6.43. The lowest BCUT2D eigenvalue weighted by molar-refractivity contribution is -0.124. The number of carbonyl (C=O) groups excluding carboxylic acids is 1. The van der Waals surface area contributed by atoms with Crippen LogP contribution in [0.4, 0.5) is 0 Å². The van der Waals surface area contributed by atoms with Crippen molar-refractivity contribution >= 4 is 35.4 Å². The molecule has 0 aliphatic carbocycles. The van der Waals surface area contributed by atoms with E-state index < -0.39 is 0 Å². The van der Waals surface area contributed by atoms with Gasteiger partial charge in [0.05, 0.1) is 0 Å². The summed E-state index contributed by atoms with van der Waals surface area (Å²) in [4.78, 5) is 13.7. The highest BCUT2D eigenvalue weighted by Crippen LogP contribution is 2.19. The molecule has 0 bridgehead atoms. The van der Waals surface area contributed by atoms with Crippen molar-refractivity contribution < 1.29 is 9.21 Å². The highest BCUT2D eigenvalue weighted by atomic mass is 35.5. The van der Waals surface area contributed by atoms with Gasteiger partial charge in [-0.05, 0) is 24.6 Å². The van der Waals surface area contributed by atoms with Crippen molar-refractivity contribution in [2.45, 2.75) is 12.5 Å². The third kappa shape index (κ3) is 3.03. The predicted octanol–water partition coefficient (Wildman–Crippen LogP) is 2.43. The van der Waals surface area contributed by atoms with Gasteiger partial charge in [-0.3, -0.25) is 4.79 Å². The molecule has 5 heteroatoms. The molecule has 1 saturated heterocycles. The predicted molar refractivity (Wildman–Crippen MR) is 81.7 cm³/mol. The Morgan fingerprint density at radius 1 is 1.40 bits per heavy atom. The van der Waals surface area contributed by atoms with E-state index in [1.165, 1.54) is 0 Å². The number of halogens is 1. The van der Waals surface area contributed by atoms with Crippen LogP contribution in [-0.2, 0) is 4.79 Å². The van der Waals surface area contributed by atoms with Crippen LogP contribution in [0.1, 0.15) is 12.2 Å². The molecule has 0 saturated carbocycles. The van der Waals surface area contributed by atoms with E-state index in [9.17, 15) is 4.79 Å². The van der Waals surface area contributed by atoms with Crippen LogP contribution in [0, 0.1) is 0 Å². The molecule has 0 spiro atoms. The van der Waals surface area contributed by atoms with Crippen molar-refractivity contribution in [3.05, 3.63) is 42.2 Å². The molecule has 0 unspecified atom stereocenters. The second-order valence-corrected chi connectivity index (χ2v) is 4.85. The number of fused-ring (bicyclic) bond motifs is 1. The molecule has 1 aromatic heterocycles. The number of hydrogen-bond donors (Lipinski definition) is 1. The van der Waals surface area contributed by atoms with Gasteiger partial charge in [0.1, 0.15) is 11.3 Å². The zero-order valence-corrected chi connectivity index (χ0v) is 11.8. The summed E-state index contributed by atoms with van der Waals surface area (Å²) in [6, 6.07) is 9.82. The molecule has 4 nitrogen and oxygen atoms in total. The van der Waals surface area contributed by atoms with E-state index in [2.05, 4.69) is 0 Å². The number of nitrogens with zero attached hydrogens (tertiary/aromatic N) is 1. The molecule has 1 aliphatic rings. The summed E-state index contributed by atoms with van der Waals surface area (Å²) in [5.41, 5.74) is 6.62. The van der Waals surface area contributed by atoms with Crippen LogP contribution < -0.4 is 5.73 Å². The van der Waals surface area contributed by atoms with E-state index in [1.807, 2.05) is 30.3 Å². The number of nitrogens with two attached hydrogens (primary N) is 1. The summed E-state index contributed by atoms with van der Waals surface area (Å²) in [6.45, 7) is 1.38. The first-order valence-corrected chi connectivity index (χ1v) is 6.43. The van der Waals surface area contributed by atoms with Gasteiger partial charge in [0.15, 0.2) is 0 Å². The van der Waals surface area contributed by atoms with Crippen molar-refractivity contribution in [2.24, 2.45) is 5.73 Å². The minimum atomic E-state index is -0.00611. The fourth-order valence-electron chi connectivity index (χ4n) is 2.33. The molecular formula is C15H17ClN2O2. The van der Waals surface area contributed by atoms with Gasteiger partial charge in [-0.2, -0.15) is 0 Å². The number of rotatable bonds is 2. The number of furan rings is 1. The van der Waals surface area contributed by atoms with Crippen molar-refractivity contribution in [1.29, 1.82) is 0 Å². The van der Waals surface area contributed by atoms with Gasteiger partial charge in [-0.1, -0.05) is 18.2 Å². The first-order chi connectivity index (χ1) is 9.22. The summed E-state index contributed by atoms with van der Waals surface area (Å²) in [5, 5.41) is 1.04. The molecule has 1 aromatic carbocycles. The van der Waals surface area contributed by atoms with Gasteiger partial charge >= 0.3 is 0 Å². The molecule has 2 heterocycles. The van der Waals surface area contributed by atoms with Crippen molar-refractivity contribution in [2.75, 3.05) is 13.1 Å². The minimum Gasteiger partial charge on any atom is -0.457 e. The van der Waals surface area contributed by atoms with E-state index in [-0.39, 0.29) is 24.4 Å². The fraction of sp³-hybridized carbons (Fsp3) is 0.267. The lowest BCUT2D eigenvalue weighted by atomic mass is 10.2. The summed E-state index contributed by atoms with van der Waals surface area (Å²) in [7, 11) is 0. The summed E-state index contributed by atoms with van der Waals surface area (Å²) >= 11 is 0. The van der Waals surface area contributed by atoms with Crippen molar-refractivity contribution in [3.8, 4) is 0 Å². The van der Waals surface area contributed by atoms with Crippen LogP contribution in [0.15, 0.2) is 40.8 Å². The topological polar surface area (TPSA) is 59.5 Å². The number of benzene rings is 1. The van der Waals surface area contributed by atoms with E-state index in [4.69, 9.17) is 10.2 Å². The Hall–Kier alpha value is -1.78. The number of carbonyl (C=O) groups is 1. The van der Waals surface area contributed by atoms with Crippen LogP contribution in [0.5, 0.6) is 0 Å². The first kappa shape index (κ1) is 14.6. The lowest BCUT2D eigenvalue weighted by Crippen LogP contribution is -2.30. The Kier molecular flexibility index (Phi) is 4.47. The van der Waals surface area contributed by atoms with Gasteiger partial charge < -0.3 is 15.1 Å². The maximum absolute atomic E-state index is 11.9. The number of para-hydroxylation sites is 1.